The van der Waals surface area contributed by atoms with Gasteiger partial charge in [0.15, 0.2) is 5.11 Å². The molecule has 2 fully saturated rings. The number of halogens is 3. The van der Waals surface area contributed by atoms with Crippen molar-refractivity contribution >= 4 is 28.9 Å². The van der Waals surface area contributed by atoms with Crippen LogP contribution in [0.25, 0.3) is 0 Å². The normalized spacial score (nSPS) is 22.3. The summed E-state index contributed by atoms with van der Waals surface area (Å²) in [6.07, 6.45) is -2.90. The lowest BCUT2D eigenvalue weighted by Gasteiger charge is -2.29. The molecule has 7 heteroatoms. The van der Waals surface area contributed by atoms with E-state index in [1.165, 1.54) is 17.0 Å². The van der Waals surface area contributed by atoms with Gasteiger partial charge in [0.1, 0.15) is 6.04 Å². The number of piperidine rings is 1. The third-order valence-electron chi connectivity index (χ3n) is 3.92. The van der Waals surface area contributed by atoms with Gasteiger partial charge in [0.25, 0.3) is 5.91 Å². The Hall–Kier alpha value is -1.89. The van der Waals surface area contributed by atoms with Gasteiger partial charge in [-0.1, -0.05) is 12.6 Å². The summed E-state index contributed by atoms with van der Waals surface area (Å²) < 4.78 is 38.5. The Morgan fingerprint density at radius 2 is 2.05 bits per heavy atom. The number of carbonyl (C=O) groups excluding carboxylic acids is 1. The first-order valence-electron chi connectivity index (χ1n) is 6.80. The van der Waals surface area contributed by atoms with Crippen LogP contribution in [0, 0.1) is 0 Å². The van der Waals surface area contributed by atoms with Crippen molar-refractivity contribution in [3.8, 4) is 0 Å². The maximum Gasteiger partial charge on any atom is 0.416 e. The van der Waals surface area contributed by atoms with Crippen molar-refractivity contribution in [1.29, 1.82) is 0 Å². The molecule has 1 atom stereocenters. The van der Waals surface area contributed by atoms with Gasteiger partial charge in [0.05, 0.1) is 11.3 Å². The van der Waals surface area contributed by atoms with Crippen molar-refractivity contribution in [2.75, 3.05) is 11.4 Å². The van der Waals surface area contributed by atoms with E-state index in [4.69, 9.17) is 12.2 Å². The van der Waals surface area contributed by atoms with Gasteiger partial charge in [-0.3, -0.25) is 9.69 Å². The van der Waals surface area contributed by atoms with Crippen LogP contribution in [0.3, 0.4) is 0 Å². The number of fused-ring (bicyclic) bond motifs is 1. The SMILES string of the molecule is C=C1CCCN2C(=S)N(c3cccc(C(F)(F)F)c3)C(=O)[C@H]12. The van der Waals surface area contributed by atoms with Crippen LogP contribution in [-0.4, -0.2) is 28.5 Å². The first kappa shape index (κ1) is 15.0. The molecule has 0 N–H and O–H groups in total. The second-order valence-corrected chi connectivity index (χ2v) is 5.73. The van der Waals surface area contributed by atoms with Crippen molar-refractivity contribution in [3.63, 3.8) is 0 Å². The summed E-state index contributed by atoms with van der Waals surface area (Å²) in [6, 6.07) is 4.11. The highest BCUT2D eigenvalue weighted by Crippen LogP contribution is 2.36. The molecule has 22 heavy (non-hydrogen) atoms. The Balaban J connectivity index is 2.00. The molecule has 0 bridgehead atoms. The van der Waals surface area contributed by atoms with E-state index in [9.17, 15) is 18.0 Å². The Morgan fingerprint density at radius 3 is 2.68 bits per heavy atom. The van der Waals surface area contributed by atoms with Crippen molar-refractivity contribution in [1.82, 2.24) is 4.90 Å². The molecular formula is C15H13F3N2OS. The van der Waals surface area contributed by atoms with Crippen LogP contribution in [0.2, 0.25) is 0 Å². The molecule has 3 nitrogen and oxygen atoms in total. The number of rotatable bonds is 1. The number of hydrogen-bond donors (Lipinski definition) is 0. The van der Waals surface area contributed by atoms with Crippen LogP contribution < -0.4 is 4.90 Å². The summed E-state index contributed by atoms with van der Waals surface area (Å²) in [7, 11) is 0. The van der Waals surface area contributed by atoms with Crippen LogP contribution in [0.15, 0.2) is 36.4 Å². The zero-order valence-corrected chi connectivity index (χ0v) is 12.4. The standard InChI is InChI=1S/C15H13F3N2OS/c1-9-4-3-7-19-12(9)13(21)20(14(19)22)11-6-2-5-10(8-11)15(16,17)18/h2,5-6,8,12H,1,3-4,7H2/t12-/m0/s1. The van der Waals surface area contributed by atoms with Gasteiger partial charge in [0, 0.05) is 6.54 Å². The Labute approximate surface area is 131 Å². The number of nitrogens with zero attached hydrogens (tertiary/aromatic N) is 2. The largest absolute Gasteiger partial charge is 0.416 e. The Bertz CT molecular complexity index is 671. The van der Waals surface area contributed by atoms with Crippen LogP contribution in [0.4, 0.5) is 18.9 Å². The van der Waals surface area contributed by atoms with Gasteiger partial charge in [-0.2, -0.15) is 13.2 Å². The number of hydrogen-bond acceptors (Lipinski definition) is 2. The predicted molar refractivity (Wildman–Crippen MR) is 80.4 cm³/mol. The van der Waals surface area contributed by atoms with Crippen LogP contribution >= 0.6 is 12.2 Å². The second-order valence-electron chi connectivity index (χ2n) is 5.36. The Kier molecular flexibility index (Phi) is 3.47. The summed E-state index contributed by atoms with van der Waals surface area (Å²) in [5, 5.41) is 0.246. The first-order valence-corrected chi connectivity index (χ1v) is 7.21. The molecule has 1 aromatic rings. The summed E-state index contributed by atoms with van der Waals surface area (Å²) >= 11 is 5.30. The van der Waals surface area contributed by atoms with Gasteiger partial charge in [-0.15, -0.1) is 0 Å². The monoisotopic (exact) mass is 326 g/mol. The smallest absolute Gasteiger partial charge is 0.333 e. The lowest BCUT2D eigenvalue weighted by Crippen LogP contribution is -2.40. The second kappa shape index (κ2) is 5.08. The minimum Gasteiger partial charge on any atom is -0.333 e. The van der Waals surface area contributed by atoms with Crippen molar-refractivity contribution in [2.24, 2.45) is 0 Å². The van der Waals surface area contributed by atoms with E-state index in [2.05, 4.69) is 6.58 Å². The zero-order valence-electron chi connectivity index (χ0n) is 11.6. The van der Waals surface area contributed by atoms with Gasteiger partial charge in [0.2, 0.25) is 0 Å². The molecule has 2 aliphatic rings. The lowest BCUT2D eigenvalue weighted by molar-refractivity contribution is -0.137. The average molecular weight is 326 g/mol. The third-order valence-corrected chi connectivity index (χ3v) is 4.34. The van der Waals surface area contributed by atoms with Crippen LogP contribution in [0.5, 0.6) is 0 Å². The fourth-order valence-electron chi connectivity index (χ4n) is 2.88. The maximum atomic E-state index is 12.8. The minimum absolute atomic E-state index is 0.145. The molecule has 0 aromatic heterocycles. The maximum absolute atomic E-state index is 12.8. The molecule has 2 aliphatic heterocycles. The molecule has 1 amide bonds. The highest BCUT2D eigenvalue weighted by molar-refractivity contribution is 7.80. The highest BCUT2D eigenvalue weighted by atomic mass is 32.1. The molecule has 0 unspecified atom stereocenters. The first-order chi connectivity index (χ1) is 10.3. The molecule has 116 valence electrons. The molecule has 1 aromatic carbocycles. The van der Waals surface area contributed by atoms with Gasteiger partial charge in [-0.05, 0) is 48.8 Å². The third kappa shape index (κ3) is 2.29. The molecule has 3 rings (SSSR count). The topological polar surface area (TPSA) is 23.6 Å². The Morgan fingerprint density at radius 1 is 1.32 bits per heavy atom. The van der Waals surface area contributed by atoms with Crippen molar-refractivity contribution in [3.05, 3.63) is 42.0 Å². The summed E-state index contributed by atoms with van der Waals surface area (Å²) in [5.41, 5.74) is 0.101. The van der Waals surface area contributed by atoms with E-state index < -0.39 is 17.8 Å². The van der Waals surface area contributed by atoms with E-state index >= 15 is 0 Å². The fraction of sp³-hybridized carbons (Fsp3) is 0.333. The predicted octanol–water partition coefficient (Wildman–Crippen LogP) is 3.36. The number of anilines is 1. The van der Waals surface area contributed by atoms with Gasteiger partial charge < -0.3 is 4.90 Å². The van der Waals surface area contributed by atoms with Crippen molar-refractivity contribution in [2.45, 2.75) is 25.1 Å². The van der Waals surface area contributed by atoms with Gasteiger partial charge in [-0.25, -0.2) is 0 Å². The van der Waals surface area contributed by atoms with E-state index in [1.54, 1.807) is 4.90 Å². The highest BCUT2D eigenvalue weighted by Gasteiger charge is 2.46. The summed E-state index contributed by atoms with van der Waals surface area (Å²) in [5.74, 6) is -0.325. The molecule has 0 aliphatic carbocycles. The van der Waals surface area contributed by atoms with Crippen molar-refractivity contribution < 1.29 is 18.0 Å². The van der Waals surface area contributed by atoms with E-state index in [0.717, 1.165) is 30.5 Å². The lowest BCUT2D eigenvalue weighted by atomic mass is 9.98. The fourth-order valence-corrected chi connectivity index (χ4v) is 3.27. The number of carbonyl (C=O) groups is 1. The molecule has 2 saturated heterocycles. The molecule has 2 heterocycles. The molecule has 0 spiro atoms. The summed E-state index contributed by atoms with van der Waals surface area (Å²) in [4.78, 5) is 15.5. The molecular weight excluding hydrogens is 313 g/mol. The van der Waals surface area contributed by atoms with Crippen LogP contribution in [-0.2, 0) is 11.0 Å². The zero-order chi connectivity index (χ0) is 16.1. The van der Waals surface area contributed by atoms with Crippen LogP contribution in [0.1, 0.15) is 18.4 Å². The molecule has 0 saturated carbocycles. The van der Waals surface area contributed by atoms with Gasteiger partial charge >= 0.3 is 6.18 Å². The number of thiocarbonyl (C=S) groups is 1. The van der Waals surface area contributed by atoms with E-state index in [-0.39, 0.29) is 16.7 Å². The molecule has 0 radical (unpaired) electrons. The number of alkyl halides is 3. The summed E-state index contributed by atoms with van der Waals surface area (Å²) in [6.45, 7) is 4.51. The minimum atomic E-state index is -4.46. The average Bonchev–Trinajstić information content (AvgIpc) is 2.71. The van der Waals surface area contributed by atoms with E-state index in [1.807, 2.05) is 0 Å². The number of benzene rings is 1. The number of amides is 1. The quantitative estimate of drug-likeness (QED) is 0.584. The van der Waals surface area contributed by atoms with E-state index in [0.29, 0.717) is 6.54 Å².